The molecule has 1 saturated carbocycles. The minimum Gasteiger partial charge on any atom is -0.382 e. The number of rotatable bonds is 4. The van der Waals surface area contributed by atoms with E-state index in [1.807, 2.05) is 12.1 Å². The Morgan fingerprint density at radius 1 is 1.32 bits per heavy atom. The highest BCUT2D eigenvalue weighted by Gasteiger charge is 2.20. The number of hydrogen-bond acceptors (Lipinski definition) is 3. The van der Waals surface area contributed by atoms with E-state index in [0.717, 1.165) is 17.2 Å². The average molecular weight is 262 g/mol. The summed E-state index contributed by atoms with van der Waals surface area (Å²) >= 11 is 0. The summed E-state index contributed by atoms with van der Waals surface area (Å²) in [6, 6.07) is 5.81. The fourth-order valence-electron chi connectivity index (χ4n) is 2.90. The summed E-state index contributed by atoms with van der Waals surface area (Å²) in [7, 11) is 0. The van der Waals surface area contributed by atoms with E-state index in [1.54, 1.807) is 13.0 Å². The topological polar surface area (TPSA) is 55.2 Å². The van der Waals surface area contributed by atoms with Crippen LogP contribution in [0.25, 0.3) is 0 Å². The first kappa shape index (κ1) is 13.8. The van der Waals surface area contributed by atoms with Gasteiger partial charge in [0.1, 0.15) is 0 Å². The van der Waals surface area contributed by atoms with Gasteiger partial charge in [0.05, 0.1) is 4.92 Å². The standard InChI is InChI=1S/C15H22N2O2/c1-3-12-4-6-13(7-5-12)16-14-8-9-15(17(18)19)11(2)10-14/h8-10,12-13,16H,3-7H2,1-2H3. The predicted octanol–water partition coefficient (Wildman–Crippen LogP) is 4.28. The van der Waals surface area contributed by atoms with Crippen LogP contribution in [0, 0.1) is 23.0 Å². The number of nitrogens with one attached hydrogen (secondary N) is 1. The lowest BCUT2D eigenvalue weighted by molar-refractivity contribution is -0.385. The molecule has 0 atom stereocenters. The summed E-state index contributed by atoms with van der Waals surface area (Å²) in [4.78, 5) is 10.4. The van der Waals surface area contributed by atoms with Gasteiger partial charge in [0, 0.05) is 23.4 Å². The molecule has 4 nitrogen and oxygen atoms in total. The molecule has 1 aliphatic carbocycles. The molecular weight excluding hydrogens is 240 g/mol. The van der Waals surface area contributed by atoms with E-state index < -0.39 is 0 Å². The summed E-state index contributed by atoms with van der Waals surface area (Å²) in [5.74, 6) is 0.886. The summed E-state index contributed by atoms with van der Waals surface area (Å²) in [5, 5.41) is 14.3. The van der Waals surface area contributed by atoms with Crippen molar-refractivity contribution in [2.75, 3.05) is 5.32 Å². The molecule has 19 heavy (non-hydrogen) atoms. The maximum Gasteiger partial charge on any atom is 0.272 e. The van der Waals surface area contributed by atoms with E-state index in [-0.39, 0.29) is 10.6 Å². The SMILES string of the molecule is CCC1CCC(Nc2ccc([N+](=O)[O-])c(C)c2)CC1. The third-order valence-electron chi connectivity index (χ3n) is 4.19. The van der Waals surface area contributed by atoms with Gasteiger partial charge in [-0.3, -0.25) is 10.1 Å². The zero-order valence-electron chi connectivity index (χ0n) is 11.7. The Balaban J connectivity index is 1.97. The van der Waals surface area contributed by atoms with Crippen LogP contribution in [0.2, 0.25) is 0 Å². The molecule has 0 bridgehead atoms. The smallest absolute Gasteiger partial charge is 0.272 e. The first-order valence-corrected chi connectivity index (χ1v) is 7.11. The van der Waals surface area contributed by atoms with Crippen molar-refractivity contribution in [3.05, 3.63) is 33.9 Å². The molecule has 0 radical (unpaired) electrons. The van der Waals surface area contributed by atoms with Crippen LogP contribution >= 0.6 is 0 Å². The molecule has 4 heteroatoms. The second-order valence-electron chi connectivity index (χ2n) is 5.53. The fraction of sp³-hybridized carbons (Fsp3) is 0.600. The van der Waals surface area contributed by atoms with Crippen LogP contribution < -0.4 is 5.32 Å². The third-order valence-corrected chi connectivity index (χ3v) is 4.19. The molecule has 104 valence electrons. The Bertz CT molecular complexity index is 451. The van der Waals surface area contributed by atoms with Crippen LogP contribution in [0.5, 0.6) is 0 Å². The molecule has 1 fully saturated rings. The summed E-state index contributed by atoms with van der Waals surface area (Å²) in [6.45, 7) is 4.05. The molecule has 0 aromatic heterocycles. The summed E-state index contributed by atoms with van der Waals surface area (Å²) < 4.78 is 0. The molecule has 0 heterocycles. The van der Waals surface area contributed by atoms with Gasteiger partial charge in [0.15, 0.2) is 0 Å². The molecule has 0 unspecified atom stereocenters. The average Bonchev–Trinajstić information content (AvgIpc) is 2.39. The van der Waals surface area contributed by atoms with E-state index in [0.29, 0.717) is 6.04 Å². The van der Waals surface area contributed by atoms with E-state index in [1.165, 1.54) is 32.1 Å². The van der Waals surface area contributed by atoms with Crippen molar-refractivity contribution in [2.24, 2.45) is 5.92 Å². The van der Waals surface area contributed by atoms with Crippen LogP contribution in [0.1, 0.15) is 44.6 Å². The quantitative estimate of drug-likeness (QED) is 0.650. The molecule has 0 saturated heterocycles. The molecule has 1 aromatic rings. The van der Waals surface area contributed by atoms with Crippen molar-refractivity contribution >= 4 is 11.4 Å². The highest BCUT2D eigenvalue weighted by Crippen LogP contribution is 2.29. The van der Waals surface area contributed by atoms with Crippen molar-refractivity contribution in [1.29, 1.82) is 0 Å². The van der Waals surface area contributed by atoms with Gasteiger partial charge in [-0.1, -0.05) is 13.3 Å². The number of nitro benzene ring substituents is 1. The molecule has 1 N–H and O–H groups in total. The van der Waals surface area contributed by atoms with Gasteiger partial charge in [0.25, 0.3) is 5.69 Å². The van der Waals surface area contributed by atoms with E-state index >= 15 is 0 Å². The minimum absolute atomic E-state index is 0.195. The lowest BCUT2D eigenvalue weighted by atomic mass is 9.84. The van der Waals surface area contributed by atoms with Gasteiger partial charge in [0.2, 0.25) is 0 Å². The lowest BCUT2D eigenvalue weighted by Crippen LogP contribution is -2.25. The largest absolute Gasteiger partial charge is 0.382 e. The van der Waals surface area contributed by atoms with Crippen molar-refractivity contribution < 1.29 is 4.92 Å². The fourth-order valence-corrected chi connectivity index (χ4v) is 2.90. The normalized spacial score (nSPS) is 23.1. The highest BCUT2D eigenvalue weighted by molar-refractivity contribution is 5.54. The number of nitrogens with zero attached hydrogens (tertiary/aromatic N) is 1. The van der Waals surface area contributed by atoms with Crippen molar-refractivity contribution in [3.63, 3.8) is 0 Å². The molecule has 0 aliphatic heterocycles. The number of hydrogen-bond donors (Lipinski definition) is 1. The van der Waals surface area contributed by atoms with Crippen LogP contribution in [0.3, 0.4) is 0 Å². The Morgan fingerprint density at radius 2 is 2.00 bits per heavy atom. The van der Waals surface area contributed by atoms with Crippen LogP contribution in [0.15, 0.2) is 18.2 Å². The van der Waals surface area contributed by atoms with Gasteiger partial charge in [-0.15, -0.1) is 0 Å². The Labute approximate surface area is 114 Å². The van der Waals surface area contributed by atoms with Crippen LogP contribution in [0.4, 0.5) is 11.4 Å². The van der Waals surface area contributed by atoms with Crippen LogP contribution in [-0.2, 0) is 0 Å². The number of aryl methyl sites for hydroxylation is 1. The molecular formula is C15H22N2O2. The van der Waals surface area contributed by atoms with Gasteiger partial charge in [-0.05, 0) is 50.7 Å². The van der Waals surface area contributed by atoms with Gasteiger partial charge < -0.3 is 5.32 Å². The number of benzene rings is 1. The maximum absolute atomic E-state index is 10.8. The number of nitro groups is 1. The van der Waals surface area contributed by atoms with Crippen molar-refractivity contribution in [3.8, 4) is 0 Å². The Morgan fingerprint density at radius 3 is 2.53 bits per heavy atom. The number of anilines is 1. The van der Waals surface area contributed by atoms with E-state index in [9.17, 15) is 10.1 Å². The second kappa shape index (κ2) is 6.04. The zero-order valence-corrected chi connectivity index (χ0v) is 11.7. The predicted molar refractivity (Wildman–Crippen MR) is 77.5 cm³/mol. The molecule has 0 amide bonds. The van der Waals surface area contributed by atoms with Gasteiger partial charge in [-0.2, -0.15) is 0 Å². The lowest BCUT2D eigenvalue weighted by Gasteiger charge is -2.29. The minimum atomic E-state index is -0.328. The van der Waals surface area contributed by atoms with Crippen LogP contribution in [-0.4, -0.2) is 11.0 Å². The van der Waals surface area contributed by atoms with E-state index in [2.05, 4.69) is 12.2 Å². The van der Waals surface area contributed by atoms with E-state index in [4.69, 9.17) is 0 Å². The summed E-state index contributed by atoms with van der Waals surface area (Å²) in [6.07, 6.45) is 6.27. The van der Waals surface area contributed by atoms with Crippen molar-refractivity contribution in [1.82, 2.24) is 0 Å². The second-order valence-corrected chi connectivity index (χ2v) is 5.53. The third kappa shape index (κ3) is 3.46. The van der Waals surface area contributed by atoms with Gasteiger partial charge >= 0.3 is 0 Å². The highest BCUT2D eigenvalue weighted by atomic mass is 16.6. The maximum atomic E-state index is 10.8. The summed E-state index contributed by atoms with van der Waals surface area (Å²) in [5.41, 5.74) is 1.92. The molecule has 0 spiro atoms. The monoisotopic (exact) mass is 262 g/mol. The molecule has 1 aliphatic rings. The van der Waals surface area contributed by atoms with Crippen molar-refractivity contribution in [2.45, 2.75) is 52.0 Å². The Kier molecular flexibility index (Phi) is 4.40. The zero-order chi connectivity index (χ0) is 13.8. The molecule has 2 rings (SSSR count). The Hall–Kier alpha value is -1.58. The molecule has 1 aromatic carbocycles. The van der Waals surface area contributed by atoms with Gasteiger partial charge in [-0.25, -0.2) is 0 Å². The first-order chi connectivity index (χ1) is 9.10. The first-order valence-electron chi connectivity index (χ1n) is 7.11.